The van der Waals surface area contributed by atoms with Crippen molar-refractivity contribution in [3.05, 3.63) is 0 Å². The maximum atomic E-state index is 11.4. The van der Waals surface area contributed by atoms with Crippen molar-refractivity contribution >= 4 is 10.1 Å². The Bertz CT molecular complexity index is 314. The Hall–Kier alpha value is -0.130. The van der Waals surface area contributed by atoms with E-state index in [9.17, 15) is 13.0 Å². The average Bonchev–Trinajstić information content (AvgIpc) is 2.42. The van der Waals surface area contributed by atoms with Gasteiger partial charge >= 0.3 is 0 Å². The Morgan fingerprint density at radius 1 is 0.762 bits per heavy atom. The third-order valence-electron chi connectivity index (χ3n) is 3.99. The summed E-state index contributed by atoms with van der Waals surface area (Å²) < 4.78 is 32.1. The summed E-state index contributed by atoms with van der Waals surface area (Å²) in [7, 11) is -3.89. The predicted molar refractivity (Wildman–Crippen MR) is 88.1 cm³/mol. The fourth-order valence-electron chi connectivity index (χ4n) is 2.61. The fraction of sp³-hybridized carbons (Fsp3) is 1.00. The van der Waals surface area contributed by atoms with E-state index in [1.807, 2.05) is 0 Å². The first-order valence-electron chi connectivity index (χ1n) is 8.59. The number of unbranched alkanes of at least 4 members (excludes halogenated alkanes) is 9. The molecule has 0 aliphatic heterocycles. The zero-order chi connectivity index (χ0) is 16.0. The van der Waals surface area contributed by atoms with Gasteiger partial charge in [-0.05, 0) is 19.3 Å². The summed E-state index contributed by atoms with van der Waals surface area (Å²) in [6, 6.07) is 0. The van der Waals surface area contributed by atoms with Crippen LogP contribution < -0.4 is 0 Å². The van der Waals surface area contributed by atoms with Crippen molar-refractivity contribution in [3.63, 3.8) is 0 Å². The van der Waals surface area contributed by atoms with Crippen molar-refractivity contribution in [1.29, 1.82) is 0 Å². The molecular formula is C16H34O4S. The van der Waals surface area contributed by atoms with Gasteiger partial charge in [-0.3, -0.25) is 4.55 Å². The van der Waals surface area contributed by atoms with Gasteiger partial charge in [-0.1, -0.05) is 71.1 Å². The molecule has 0 aliphatic rings. The largest absolute Gasteiger partial charge is 0.396 e. The van der Waals surface area contributed by atoms with E-state index in [-0.39, 0.29) is 6.61 Å². The van der Waals surface area contributed by atoms with Crippen molar-refractivity contribution in [2.24, 2.45) is 0 Å². The molecule has 0 saturated carbocycles. The van der Waals surface area contributed by atoms with Crippen molar-refractivity contribution in [2.45, 2.75) is 95.6 Å². The van der Waals surface area contributed by atoms with Crippen LogP contribution in [0.25, 0.3) is 0 Å². The number of aliphatic hydroxyl groups is 1. The highest BCUT2D eigenvalue weighted by Gasteiger charge is 2.21. The molecule has 2 N–H and O–H groups in total. The van der Waals surface area contributed by atoms with Crippen LogP contribution in [-0.4, -0.2) is 29.9 Å². The first-order valence-corrected chi connectivity index (χ1v) is 10.1. The summed E-state index contributed by atoms with van der Waals surface area (Å²) in [5.74, 6) is 0. The minimum atomic E-state index is -3.89. The summed E-state index contributed by atoms with van der Waals surface area (Å²) in [5, 5.41) is 8.10. The molecule has 0 spiro atoms. The number of rotatable bonds is 15. The molecule has 0 aromatic carbocycles. The van der Waals surface area contributed by atoms with Gasteiger partial charge in [0.2, 0.25) is 0 Å². The summed E-state index contributed by atoms with van der Waals surface area (Å²) in [6.45, 7) is 2.41. The Balaban J connectivity index is 3.77. The molecule has 0 saturated heterocycles. The topological polar surface area (TPSA) is 74.6 Å². The molecule has 0 amide bonds. The second-order valence-electron chi connectivity index (χ2n) is 5.97. The fourth-order valence-corrected chi connectivity index (χ4v) is 3.54. The maximum absolute atomic E-state index is 11.4. The molecule has 0 aliphatic carbocycles. The van der Waals surface area contributed by atoms with Crippen LogP contribution in [0.5, 0.6) is 0 Å². The normalized spacial score (nSPS) is 13.5. The molecule has 0 heterocycles. The Labute approximate surface area is 131 Å². The Morgan fingerprint density at radius 2 is 1.19 bits per heavy atom. The highest BCUT2D eigenvalue weighted by atomic mass is 32.2. The lowest BCUT2D eigenvalue weighted by Crippen LogP contribution is -2.20. The van der Waals surface area contributed by atoms with E-state index < -0.39 is 15.4 Å². The monoisotopic (exact) mass is 322 g/mol. The first kappa shape index (κ1) is 20.9. The SMILES string of the molecule is CCCCCCCC(CCCCCCCCO)S(=O)(=O)O. The standard InChI is InChI=1S/C16H34O4S/c1-2-3-4-7-10-13-16(21(18,19)20)14-11-8-5-6-9-12-15-17/h16-17H,2-15H2,1H3,(H,18,19,20). The van der Waals surface area contributed by atoms with Gasteiger partial charge < -0.3 is 5.11 Å². The highest BCUT2D eigenvalue weighted by molar-refractivity contribution is 7.86. The van der Waals surface area contributed by atoms with Gasteiger partial charge in [0.15, 0.2) is 0 Å². The van der Waals surface area contributed by atoms with Gasteiger partial charge in [0.25, 0.3) is 10.1 Å². The molecular weight excluding hydrogens is 288 g/mol. The van der Waals surface area contributed by atoms with Crippen LogP contribution in [0, 0.1) is 0 Å². The van der Waals surface area contributed by atoms with Crippen molar-refractivity contribution < 1.29 is 18.1 Å². The summed E-state index contributed by atoms with van der Waals surface area (Å²) in [6.07, 6.45) is 12.6. The van der Waals surface area contributed by atoms with Crippen LogP contribution in [0.3, 0.4) is 0 Å². The molecule has 0 radical (unpaired) electrons. The number of hydrogen-bond donors (Lipinski definition) is 2. The van der Waals surface area contributed by atoms with Crippen LogP contribution in [0.2, 0.25) is 0 Å². The van der Waals surface area contributed by atoms with Gasteiger partial charge in [0.05, 0.1) is 5.25 Å². The molecule has 0 aromatic heterocycles. The quantitative estimate of drug-likeness (QED) is 0.348. The lowest BCUT2D eigenvalue weighted by molar-refractivity contribution is 0.282. The Morgan fingerprint density at radius 3 is 1.62 bits per heavy atom. The van der Waals surface area contributed by atoms with E-state index in [2.05, 4.69) is 6.92 Å². The maximum Gasteiger partial charge on any atom is 0.267 e. The molecule has 128 valence electrons. The Kier molecular flexibility index (Phi) is 13.4. The van der Waals surface area contributed by atoms with E-state index in [1.54, 1.807) is 0 Å². The minimum absolute atomic E-state index is 0.253. The van der Waals surface area contributed by atoms with Crippen LogP contribution in [0.4, 0.5) is 0 Å². The van der Waals surface area contributed by atoms with Crippen molar-refractivity contribution in [3.8, 4) is 0 Å². The molecule has 21 heavy (non-hydrogen) atoms. The van der Waals surface area contributed by atoms with E-state index in [4.69, 9.17) is 5.11 Å². The molecule has 4 nitrogen and oxygen atoms in total. The summed E-state index contributed by atoms with van der Waals surface area (Å²) in [4.78, 5) is 0. The van der Waals surface area contributed by atoms with E-state index in [0.29, 0.717) is 12.8 Å². The van der Waals surface area contributed by atoms with Gasteiger partial charge in [0.1, 0.15) is 0 Å². The van der Waals surface area contributed by atoms with Crippen molar-refractivity contribution in [1.82, 2.24) is 0 Å². The molecule has 1 atom stereocenters. The van der Waals surface area contributed by atoms with Crippen LogP contribution >= 0.6 is 0 Å². The predicted octanol–water partition coefficient (Wildman–Crippen LogP) is 4.33. The van der Waals surface area contributed by atoms with Crippen LogP contribution in [0.15, 0.2) is 0 Å². The van der Waals surface area contributed by atoms with E-state index >= 15 is 0 Å². The van der Waals surface area contributed by atoms with Crippen molar-refractivity contribution in [2.75, 3.05) is 6.61 Å². The van der Waals surface area contributed by atoms with Gasteiger partial charge in [0, 0.05) is 6.61 Å². The highest BCUT2D eigenvalue weighted by Crippen LogP contribution is 2.18. The van der Waals surface area contributed by atoms with Gasteiger partial charge in [-0.2, -0.15) is 8.42 Å². The number of hydrogen-bond acceptors (Lipinski definition) is 3. The van der Waals surface area contributed by atoms with Crippen LogP contribution in [0.1, 0.15) is 90.4 Å². The molecule has 0 rings (SSSR count). The van der Waals surface area contributed by atoms with E-state index in [1.165, 1.54) is 12.8 Å². The van der Waals surface area contributed by atoms with E-state index in [0.717, 1.165) is 57.8 Å². The zero-order valence-electron chi connectivity index (χ0n) is 13.6. The zero-order valence-corrected chi connectivity index (χ0v) is 14.4. The van der Waals surface area contributed by atoms with Gasteiger partial charge in [-0.25, -0.2) is 0 Å². The molecule has 1 unspecified atom stereocenters. The molecule has 0 bridgehead atoms. The first-order chi connectivity index (χ1) is 10.0. The second-order valence-corrected chi connectivity index (χ2v) is 7.67. The lowest BCUT2D eigenvalue weighted by atomic mass is 10.0. The molecule has 5 heteroatoms. The summed E-state index contributed by atoms with van der Waals surface area (Å²) >= 11 is 0. The molecule has 0 aromatic rings. The summed E-state index contributed by atoms with van der Waals surface area (Å²) in [5.41, 5.74) is 0. The smallest absolute Gasteiger partial charge is 0.267 e. The lowest BCUT2D eigenvalue weighted by Gasteiger charge is -2.13. The minimum Gasteiger partial charge on any atom is -0.396 e. The molecule has 0 fully saturated rings. The number of aliphatic hydroxyl groups excluding tert-OH is 1. The second kappa shape index (κ2) is 13.5. The average molecular weight is 323 g/mol. The third-order valence-corrected chi connectivity index (χ3v) is 5.30. The van der Waals surface area contributed by atoms with Gasteiger partial charge in [-0.15, -0.1) is 0 Å². The third kappa shape index (κ3) is 13.3. The van der Waals surface area contributed by atoms with Crippen LogP contribution in [-0.2, 0) is 10.1 Å².